The van der Waals surface area contributed by atoms with Crippen LogP contribution in [0, 0.1) is 10.1 Å². The number of thioether (sulfide) groups is 1. The molecule has 0 amide bonds. The van der Waals surface area contributed by atoms with Crippen LogP contribution in [0.25, 0.3) is 0 Å². The van der Waals surface area contributed by atoms with E-state index in [9.17, 15) is 18.5 Å². The van der Waals surface area contributed by atoms with Crippen molar-refractivity contribution < 1.29 is 13.3 Å². The van der Waals surface area contributed by atoms with E-state index in [0.717, 1.165) is 15.3 Å². The standard InChI is InChI=1S/C14H14N2O4S2/c1-15(13-8-3-4-9-14(13)21-2)22(19,20)12-7-5-6-11(10-12)16(17)18/h3-10H,1-2H3. The monoisotopic (exact) mass is 338 g/mol. The Morgan fingerprint density at radius 1 is 1.14 bits per heavy atom. The molecule has 0 aliphatic heterocycles. The highest BCUT2D eigenvalue weighted by Gasteiger charge is 2.24. The summed E-state index contributed by atoms with van der Waals surface area (Å²) in [4.78, 5) is 10.9. The third kappa shape index (κ3) is 3.07. The van der Waals surface area contributed by atoms with E-state index in [0.29, 0.717) is 5.69 Å². The van der Waals surface area contributed by atoms with E-state index in [4.69, 9.17) is 0 Å². The minimum absolute atomic E-state index is 0.111. The largest absolute Gasteiger partial charge is 0.270 e. The zero-order valence-electron chi connectivity index (χ0n) is 12.0. The lowest BCUT2D eigenvalue weighted by Crippen LogP contribution is -2.27. The van der Waals surface area contributed by atoms with Gasteiger partial charge in [0.05, 0.1) is 15.5 Å². The van der Waals surface area contributed by atoms with Crippen LogP contribution in [0.3, 0.4) is 0 Å². The molecule has 2 aromatic rings. The number of hydrogen-bond donors (Lipinski definition) is 0. The maximum absolute atomic E-state index is 12.7. The van der Waals surface area contributed by atoms with E-state index in [-0.39, 0.29) is 10.6 Å². The number of nitro groups is 1. The van der Waals surface area contributed by atoms with Crippen molar-refractivity contribution in [1.29, 1.82) is 0 Å². The third-order valence-corrected chi connectivity index (χ3v) is 5.66. The lowest BCUT2D eigenvalue weighted by atomic mass is 10.3. The molecule has 22 heavy (non-hydrogen) atoms. The fourth-order valence-corrected chi connectivity index (χ4v) is 3.88. The average molecular weight is 338 g/mol. The van der Waals surface area contributed by atoms with E-state index >= 15 is 0 Å². The molecule has 0 unspecified atom stereocenters. The second-order valence-corrected chi connectivity index (χ2v) is 7.22. The molecule has 0 heterocycles. The van der Waals surface area contributed by atoms with Crippen molar-refractivity contribution in [1.82, 2.24) is 0 Å². The molecule has 0 aliphatic carbocycles. The number of sulfonamides is 1. The second-order valence-electron chi connectivity index (χ2n) is 4.40. The van der Waals surface area contributed by atoms with Crippen LogP contribution in [0.4, 0.5) is 11.4 Å². The van der Waals surface area contributed by atoms with Gasteiger partial charge in [-0.1, -0.05) is 18.2 Å². The van der Waals surface area contributed by atoms with E-state index in [1.807, 2.05) is 18.4 Å². The Hall–Kier alpha value is -2.06. The quantitative estimate of drug-likeness (QED) is 0.475. The summed E-state index contributed by atoms with van der Waals surface area (Å²) >= 11 is 1.43. The highest BCUT2D eigenvalue weighted by atomic mass is 32.2. The van der Waals surface area contributed by atoms with Gasteiger partial charge in [-0.15, -0.1) is 11.8 Å². The van der Waals surface area contributed by atoms with Crippen LogP contribution in [-0.2, 0) is 10.0 Å². The summed E-state index contributed by atoms with van der Waals surface area (Å²) in [5.74, 6) is 0. The second kappa shape index (κ2) is 6.37. The molecule has 6 nitrogen and oxygen atoms in total. The molecule has 0 fully saturated rings. The van der Waals surface area contributed by atoms with E-state index < -0.39 is 14.9 Å². The van der Waals surface area contributed by atoms with Gasteiger partial charge < -0.3 is 0 Å². The molecule has 8 heteroatoms. The fraction of sp³-hybridized carbons (Fsp3) is 0.143. The number of nitro benzene ring substituents is 1. The lowest BCUT2D eigenvalue weighted by Gasteiger charge is -2.21. The molecule has 2 aromatic carbocycles. The van der Waals surface area contributed by atoms with Gasteiger partial charge in [0, 0.05) is 24.1 Å². The molecule has 0 atom stereocenters. The molecule has 0 saturated heterocycles. The van der Waals surface area contributed by atoms with Crippen molar-refractivity contribution in [2.24, 2.45) is 0 Å². The molecule has 116 valence electrons. The van der Waals surface area contributed by atoms with Crippen molar-refractivity contribution in [3.8, 4) is 0 Å². The highest BCUT2D eigenvalue weighted by Crippen LogP contribution is 2.31. The Balaban J connectivity index is 2.50. The summed E-state index contributed by atoms with van der Waals surface area (Å²) < 4.78 is 26.5. The Morgan fingerprint density at radius 2 is 1.82 bits per heavy atom. The summed E-state index contributed by atoms with van der Waals surface area (Å²) in [6.07, 6.45) is 1.85. The van der Waals surface area contributed by atoms with Crippen LogP contribution < -0.4 is 4.31 Å². The first-order valence-electron chi connectivity index (χ1n) is 6.24. The SMILES string of the molecule is CSc1ccccc1N(C)S(=O)(=O)c1cccc([N+](=O)[O-])c1. The molecule has 0 aromatic heterocycles. The number of benzene rings is 2. The maximum atomic E-state index is 12.7. The smallest absolute Gasteiger partial charge is 0.268 e. The number of non-ortho nitro benzene ring substituents is 1. The molecule has 0 aliphatic rings. The summed E-state index contributed by atoms with van der Waals surface area (Å²) in [5, 5.41) is 10.8. The molecule has 0 bridgehead atoms. The molecule has 0 spiro atoms. The Morgan fingerprint density at radius 3 is 2.45 bits per heavy atom. The van der Waals surface area contributed by atoms with Crippen LogP contribution in [-0.4, -0.2) is 26.6 Å². The van der Waals surface area contributed by atoms with Crippen molar-refractivity contribution in [3.63, 3.8) is 0 Å². The van der Waals surface area contributed by atoms with Gasteiger partial charge in [-0.2, -0.15) is 0 Å². The predicted molar refractivity (Wildman–Crippen MR) is 86.9 cm³/mol. The highest BCUT2D eigenvalue weighted by molar-refractivity contribution is 7.99. The number of anilines is 1. The molecular formula is C14H14N2O4S2. The van der Waals surface area contributed by atoms with Gasteiger partial charge in [-0.05, 0) is 24.5 Å². The van der Waals surface area contributed by atoms with Gasteiger partial charge in [0.2, 0.25) is 0 Å². The number of hydrogen-bond acceptors (Lipinski definition) is 5. The molecule has 0 saturated carbocycles. The van der Waals surface area contributed by atoms with Crippen molar-refractivity contribution in [3.05, 3.63) is 58.6 Å². The Labute approximate surface area is 133 Å². The van der Waals surface area contributed by atoms with Gasteiger partial charge >= 0.3 is 0 Å². The number of rotatable bonds is 5. The third-order valence-electron chi connectivity index (χ3n) is 3.11. The van der Waals surface area contributed by atoms with Crippen molar-refractivity contribution >= 4 is 33.2 Å². The summed E-state index contributed by atoms with van der Waals surface area (Å²) in [7, 11) is -2.43. The van der Waals surface area contributed by atoms with Crippen LogP contribution in [0.15, 0.2) is 58.3 Å². The Kier molecular flexibility index (Phi) is 4.72. The minimum Gasteiger partial charge on any atom is -0.268 e. The maximum Gasteiger partial charge on any atom is 0.270 e. The minimum atomic E-state index is -3.87. The van der Waals surface area contributed by atoms with E-state index in [1.54, 1.807) is 12.1 Å². The summed E-state index contributed by atoms with van der Waals surface area (Å²) in [6, 6.07) is 12.1. The molecule has 0 radical (unpaired) electrons. The first-order valence-corrected chi connectivity index (χ1v) is 8.91. The molecular weight excluding hydrogens is 324 g/mol. The van der Waals surface area contributed by atoms with Crippen LogP contribution in [0.2, 0.25) is 0 Å². The first kappa shape index (κ1) is 16.3. The van der Waals surface area contributed by atoms with Crippen molar-refractivity contribution in [2.45, 2.75) is 9.79 Å². The zero-order chi connectivity index (χ0) is 16.3. The predicted octanol–water partition coefficient (Wildman–Crippen LogP) is 3.14. The lowest BCUT2D eigenvalue weighted by molar-refractivity contribution is -0.385. The van der Waals surface area contributed by atoms with Crippen LogP contribution in [0.1, 0.15) is 0 Å². The van der Waals surface area contributed by atoms with E-state index in [1.165, 1.54) is 37.0 Å². The first-order chi connectivity index (χ1) is 10.4. The number of nitrogens with zero attached hydrogens (tertiary/aromatic N) is 2. The summed E-state index contributed by atoms with van der Waals surface area (Å²) in [6.45, 7) is 0. The Bertz CT molecular complexity index is 806. The molecule has 2 rings (SSSR count). The number of para-hydroxylation sites is 1. The molecule has 0 N–H and O–H groups in total. The van der Waals surface area contributed by atoms with Crippen molar-refractivity contribution in [2.75, 3.05) is 17.6 Å². The average Bonchev–Trinajstić information content (AvgIpc) is 2.54. The van der Waals surface area contributed by atoms with Gasteiger partial charge in [0.1, 0.15) is 0 Å². The van der Waals surface area contributed by atoms with Crippen LogP contribution in [0.5, 0.6) is 0 Å². The van der Waals surface area contributed by atoms with Gasteiger partial charge in [0.25, 0.3) is 15.7 Å². The topological polar surface area (TPSA) is 80.5 Å². The van der Waals surface area contributed by atoms with Gasteiger partial charge in [-0.25, -0.2) is 8.42 Å². The fourth-order valence-electron chi connectivity index (χ4n) is 1.94. The normalized spacial score (nSPS) is 11.2. The van der Waals surface area contributed by atoms with E-state index in [2.05, 4.69) is 0 Å². The van der Waals surface area contributed by atoms with Gasteiger partial charge in [0.15, 0.2) is 0 Å². The summed E-state index contributed by atoms with van der Waals surface area (Å²) in [5.41, 5.74) is 0.272. The van der Waals surface area contributed by atoms with Gasteiger partial charge in [-0.3, -0.25) is 14.4 Å². The van der Waals surface area contributed by atoms with Crippen LogP contribution >= 0.6 is 11.8 Å². The zero-order valence-corrected chi connectivity index (χ0v) is 13.6.